The molecule has 108 valence electrons. The van der Waals surface area contributed by atoms with Gasteiger partial charge in [-0.2, -0.15) is 5.26 Å². The number of ether oxygens (including phenoxy) is 2. The standard InChI is InChI=1S/C17H17NO2S/c1-3-11-19-13-7-9-14(10-8-13)20-16-5-4-6-17(21-2)15(16)12-18/h4-10H,3,11H2,1-2H3. The maximum absolute atomic E-state index is 9.29. The van der Waals surface area contributed by atoms with Gasteiger partial charge in [-0.25, -0.2) is 0 Å². The molecule has 0 bridgehead atoms. The molecule has 0 aromatic heterocycles. The van der Waals surface area contributed by atoms with E-state index in [0.717, 1.165) is 17.1 Å². The fraction of sp³-hybridized carbons (Fsp3) is 0.235. The third-order valence-corrected chi connectivity index (χ3v) is 3.62. The summed E-state index contributed by atoms with van der Waals surface area (Å²) in [5, 5.41) is 9.29. The Bertz CT molecular complexity index is 632. The molecule has 0 unspecified atom stereocenters. The highest BCUT2D eigenvalue weighted by atomic mass is 32.2. The number of nitriles is 1. The lowest BCUT2D eigenvalue weighted by Crippen LogP contribution is -1.95. The first-order chi connectivity index (χ1) is 10.3. The Hall–Kier alpha value is -2.12. The zero-order valence-corrected chi connectivity index (χ0v) is 12.9. The van der Waals surface area contributed by atoms with Crippen LogP contribution in [0.2, 0.25) is 0 Å². The van der Waals surface area contributed by atoms with Gasteiger partial charge in [0.05, 0.1) is 6.61 Å². The lowest BCUT2D eigenvalue weighted by atomic mass is 10.2. The van der Waals surface area contributed by atoms with Gasteiger partial charge in [0, 0.05) is 4.90 Å². The molecule has 0 aliphatic carbocycles. The van der Waals surface area contributed by atoms with Crippen molar-refractivity contribution in [2.24, 2.45) is 0 Å². The summed E-state index contributed by atoms with van der Waals surface area (Å²) in [7, 11) is 0. The van der Waals surface area contributed by atoms with E-state index in [1.165, 1.54) is 11.8 Å². The van der Waals surface area contributed by atoms with Crippen molar-refractivity contribution in [1.82, 2.24) is 0 Å². The number of hydrogen-bond acceptors (Lipinski definition) is 4. The van der Waals surface area contributed by atoms with Gasteiger partial charge in [-0.1, -0.05) is 13.0 Å². The van der Waals surface area contributed by atoms with Gasteiger partial charge in [0.2, 0.25) is 0 Å². The van der Waals surface area contributed by atoms with Gasteiger partial charge < -0.3 is 9.47 Å². The molecule has 0 fully saturated rings. The van der Waals surface area contributed by atoms with Crippen molar-refractivity contribution in [3.05, 3.63) is 48.0 Å². The Morgan fingerprint density at radius 3 is 2.43 bits per heavy atom. The number of benzene rings is 2. The Balaban J connectivity index is 2.17. The van der Waals surface area contributed by atoms with Gasteiger partial charge >= 0.3 is 0 Å². The van der Waals surface area contributed by atoms with Gasteiger partial charge in [0.15, 0.2) is 0 Å². The quantitative estimate of drug-likeness (QED) is 0.714. The fourth-order valence-electron chi connectivity index (χ4n) is 1.83. The first-order valence-corrected chi connectivity index (χ1v) is 7.98. The van der Waals surface area contributed by atoms with Crippen molar-refractivity contribution in [2.75, 3.05) is 12.9 Å². The summed E-state index contributed by atoms with van der Waals surface area (Å²) in [6.45, 7) is 2.77. The second-order valence-electron chi connectivity index (χ2n) is 4.37. The van der Waals surface area contributed by atoms with Gasteiger partial charge in [-0.05, 0) is 49.1 Å². The predicted molar refractivity (Wildman–Crippen MR) is 85.2 cm³/mol. The zero-order valence-electron chi connectivity index (χ0n) is 12.1. The van der Waals surface area contributed by atoms with E-state index in [4.69, 9.17) is 9.47 Å². The summed E-state index contributed by atoms with van der Waals surface area (Å²) in [5.74, 6) is 2.09. The molecule has 0 aliphatic rings. The summed E-state index contributed by atoms with van der Waals surface area (Å²) in [4.78, 5) is 0.915. The molecular formula is C17H17NO2S. The minimum atomic E-state index is 0.566. The largest absolute Gasteiger partial charge is 0.494 e. The Morgan fingerprint density at radius 2 is 1.81 bits per heavy atom. The smallest absolute Gasteiger partial charge is 0.146 e. The van der Waals surface area contributed by atoms with Crippen LogP contribution in [0.1, 0.15) is 18.9 Å². The van der Waals surface area contributed by atoms with E-state index in [1.807, 2.05) is 42.7 Å². The van der Waals surface area contributed by atoms with Crippen molar-refractivity contribution in [1.29, 1.82) is 5.26 Å². The SMILES string of the molecule is CCCOc1ccc(Oc2cccc(SC)c2C#N)cc1. The summed E-state index contributed by atoms with van der Waals surface area (Å²) < 4.78 is 11.3. The van der Waals surface area contributed by atoms with Crippen molar-refractivity contribution < 1.29 is 9.47 Å². The number of hydrogen-bond donors (Lipinski definition) is 0. The molecule has 0 aliphatic heterocycles. The average molecular weight is 299 g/mol. The van der Waals surface area contributed by atoms with Crippen LogP contribution in [0.5, 0.6) is 17.2 Å². The average Bonchev–Trinajstić information content (AvgIpc) is 2.54. The summed E-state index contributed by atoms with van der Waals surface area (Å²) in [6, 6.07) is 15.2. The van der Waals surface area contributed by atoms with Gasteiger partial charge in [-0.3, -0.25) is 0 Å². The molecule has 0 spiro atoms. The molecule has 0 heterocycles. The van der Waals surface area contributed by atoms with E-state index >= 15 is 0 Å². The third kappa shape index (κ3) is 3.93. The molecule has 0 saturated carbocycles. The highest BCUT2D eigenvalue weighted by molar-refractivity contribution is 7.98. The van der Waals surface area contributed by atoms with Crippen molar-refractivity contribution >= 4 is 11.8 Å². The first-order valence-electron chi connectivity index (χ1n) is 6.76. The van der Waals surface area contributed by atoms with Gasteiger partial charge in [0.1, 0.15) is 28.9 Å². The van der Waals surface area contributed by atoms with Crippen molar-refractivity contribution in [3.63, 3.8) is 0 Å². The highest BCUT2D eigenvalue weighted by Gasteiger charge is 2.09. The van der Waals surface area contributed by atoms with E-state index < -0.39 is 0 Å². The molecule has 2 aromatic rings. The molecule has 21 heavy (non-hydrogen) atoms. The van der Waals surface area contributed by atoms with Crippen molar-refractivity contribution in [2.45, 2.75) is 18.2 Å². The summed E-state index contributed by atoms with van der Waals surface area (Å²) in [6.07, 6.45) is 2.92. The molecule has 2 aromatic carbocycles. The van der Waals surface area contributed by atoms with Crippen LogP contribution in [-0.2, 0) is 0 Å². The van der Waals surface area contributed by atoms with Crippen LogP contribution >= 0.6 is 11.8 Å². The zero-order chi connectivity index (χ0) is 15.1. The number of rotatable bonds is 6. The van der Waals surface area contributed by atoms with Crippen molar-refractivity contribution in [3.8, 4) is 23.3 Å². The lowest BCUT2D eigenvalue weighted by Gasteiger charge is -2.10. The number of thioether (sulfide) groups is 1. The molecule has 2 rings (SSSR count). The number of nitrogens with zero attached hydrogens (tertiary/aromatic N) is 1. The molecule has 3 nitrogen and oxygen atoms in total. The van der Waals surface area contributed by atoms with Crippen LogP contribution in [0.3, 0.4) is 0 Å². The van der Waals surface area contributed by atoms with Crippen LogP contribution < -0.4 is 9.47 Å². The molecule has 0 amide bonds. The van der Waals surface area contributed by atoms with Crippen LogP contribution in [0.15, 0.2) is 47.4 Å². The monoisotopic (exact) mass is 299 g/mol. The Labute approximate surface area is 129 Å². The van der Waals surface area contributed by atoms with Crippen LogP contribution in [-0.4, -0.2) is 12.9 Å². The fourth-order valence-corrected chi connectivity index (χ4v) is 2.39. The minimum absolute atomic E-state index is 0.566. The summed E-state index contributed by atoms with van der Waals surface area (Å²) in [5.41, 5.74) is 0.566. The van der Waals surface area contributed by atoms with E-state index in [1.54, 1.807) is 6.07 Å². The van der Waals surface area contributed by atoms with Crippen LogP contribution in [0.4, 0.5) is 0 Å². The van der Waals surface area contributed by atoms with E-state index in [2.05, 4.69) is 13.0 Å². The van der Waals surface area contributed by atoms with E-state index in [9.17, 15) is 5.26 Å². The van der Waals surface area contributed by atoms with Gasteiger partial charge in [-0.15, -0.1) is 11.8 Å². The Morgan fingerprint density at radius 1 is 1.10 bits per heavy atom. The molecule has 0 radical (unpaired) electrons. The lowest BCUT2D eigenvalue weighted by molar-refractivity contribution is 0.317. The topological polar surface area (TPSA) is 42.2 Å². The van der Waals surface area contributed by atoms with Gasteiger partial charge in [0.25, 0.3) is 0 Å². The van der Waals surface area contributed by atoms with Crippen LogP contribution in [0, 0.1) is 11.3 Å². The second kappa shape index (κ2) is 7.61. The maximum atomic E-state index is 9.29. The molecule has 0 saturated heterocycles. The normalized spacial score (nSPS) is 9.95. The molecule has 0 atom stereocenters. The van der Waals surface area contributed by atoms with E-state index in [0.29, 0.717) is 23.7 Å². The third-order valence-electron chi connectivity index (χ3n) is 2.84. The highest BCUT2D eigenvalue weighted by Crippen LogP contribution is 2.31. The second-order valence-corrected chi connectivity index (χ2v) is 5.22. The molecule has 0 N–H and O–H groups in total. The minimum Gasteiger partial charge on any atom is -0.494 e. The molecular weight excluding hydrogens is 282 g/mol. The summed E-state index contributed by atoms with van der Waals surface area (Å²) >= 11 is 1.53. The predicted octanol–water partition coefficient (Wildman–Crippen LogP) is 4.86. The van der Waals surface area contributed by atoms with Crippen LogP contribution in [0.25, 0.3) is 0 Å². The Kier molecular flexibility index (Phi) is 5.53. The molecule has 4 heteroatoms. The maximum Gasteiger partial charge on any atom is 0.146 e. The first kappa shape index (κ1) is 15.3. The van der Waals surface area contributed by atoms with E-state index in [-0.39, 0.29) is 0 Å².